The van der Waals surface area contributed by atoms with Crippen LogP contribution in [0.25, 0.3) is 0 Å². The maximum Gasteiger partial charge on any atom is 0.311 e. The molecular formula is C11H13Cl2NO5. The quantitative estimate of drug-likeness (QED) is 0.478. The Morgan fingerprint density at radius 1 is 1.47 bits per heavy atom. The van der Waals surface area contributed by atoms with E-state index in [0.717, 1.165) is 6.07 Å². The van der Waals surface area contributed by atoms with Gasteiger partial charge in [-0.05, 0) is 6.42 Å². The summed E-state index contributed by atoms with van der Waals surface area (Å²) < 4.78 is 4.84. The third-order valence-electron chi connectivity index (χ3n) is 2.58. The van der Waals surface area contributed by atoms with Crippen LogP contribution in [0.5, 0.6) is 5.75 Å². The fraction of sp³-hybridized carbons (Fsp3) is 0.455. The van der Waals surface area contributed by atoms with Gasteiger partial charge in [-0.2, -0.15) is 0 Å². The van der Waals surface area contributed by atoms with Gasteiger partial charge in [0.2, 0.25) is 0 Å². The second kappa shape index (κ2) is 6.91. The molecule has 1 rings (SSSR count). The Balaban J connectivity index is 3.21. The van der Waals surface area contributed by atoms with E-state index in [0.29, 0.717) is 0 Å². The maximum absolute atomic E-state index is 10.9. The van der Waals surface area contributed by atoms with E-state index in [1.165, 1.54) is 13.2 Å². The molecule has 6 nitrogen and oxygen atoms in total. The Morgan fingerprint density at radius 3 is 2.58 bits per heavy atom. The lowest BCUT2D eigenvalue weighted by molar-refractivity contribution is -0.385. The van der Waals surface area contributed by atoms with Gasteiger partial charge in [-0.1, -0.05) is 11.6 Å². The molecule has 8 heteroatoms. The van der Waals surface area contributed by atoms with Crippen LogP contribution < -0.4 is 4.74 Å². The van der Waals surface area contributed by atoms with Crippen LogP contribution in [0.15, 0.2) is 12.1 Å². The van der Waals surface area contributed by atoms with Gasteiger partial charge in [0, 0.05) is 23.6 Å². The zero-order chi connectivity index (χ0) is 14.6. The first kappa shape index (κ1) is 16.0. The van der Waals surface area contributed by atoms with Crippen molar-refractivity contribution in [3.8, 4) is 5.75 Å². The Morgan fingerprint density at radius 2 is 2.11 bits per heavy atom. The molecule has 0 aliphatic rings. The molecule has 0 saturated carbocycles. The molecule has 0 heterocycles. The lowest BCUT2D eigenvalue weighted by atomic mass is 10.0. The fourth-order valence-corrected chi connectivity index (χ4v) is 2.06. The highest BCUT2D eigenvalue weighted by Crippen LogP contribution is 2.36. The number of aliphatic hydroxyl groups excluding tert-OH is 2. The summed E-state index contributed by atoms with van der Waals surface area (Å²) >= 11 is 11.4. The van der Waals surface area contributed by atoms with Crippen molar-refractivity contribution < 1.29 is 19.9 Å². The predicted molar refractivity (Wildman–Crippen MR) is 71.0 cm³/mol. The molecule has 0 spiro atoms. The zero-order valence-electron chi connectivity index (χ0n) is 10.0. The van der Waals surface area contributed by atoms with E-state index in [9.17, 15) is 20.3 Å². The van der Waals surface area contributed by atoms with Crippen LogP contribution in [-0.2, 0) is 0 Å². The number of hydrogen-bond acceptors (Lipinski definition) is 5. The van der Waals surface area contributed by atoms with Gasteiger partial charge in [0.1, 0.15) is 6.10 Å². The van der Waals surface area contributed by atoms with Crippen LogP contribution in [0.4, 0.5) is 5.69 Å². The van der Waals surface area contributed by atoms with Gasteiger partial charge in [-0.25, -0.2) is 0 Å². The van der Waals surface area contributed by atoms with E-state index in [2.05, 4.69) is 0 Å². The van der Waals surface area contributed by atoms with Crippen molar-refractivity contribution >= 4 is 28.9 Å². The number of aliphatic hydroxyl groups is 2. The fourth-order valence-electron chi connectivity index (χ4n) is 1.57. The molecule has 2 unspecified atom stereocenters. The summed E-state index contributed by atoms with van der Waals surface area (Å²) in [4.78, 5) is 10.2. The van der Waals surface area contributed by atoms with Crippen LogP contribution in [0.1, 0.15) is 18.1 Å². The molecule has 0 aromatic heterocycles. The summed E-state index contributed by atoms with van der Waals surface area (Å²) in [6.07, 6.45) is -2.36. The van der Waals surface area contributed by atoms with Gasteiger partial charge in [-0.3, -0.25) is 10.1 Å². The first-order valence-electron chi connectivity index (χ1n) is 5.36. The molecule has 0 radical (unpaired) electrons. The summed E-state index contributed by atoms with van der Waals surface area (Å²) in [5.74, 6) is 0.131. The Hall–Kier alpha value is -1.08. The molecule has 0 bridgehead atoms. The molecule has 0 amide bonds. The van der Waals surface area contributed by atoms with Gasteiger partial charge >= 0.3 is 5.69 Å². The molecule has 0 aliphatic carbocycles. The summed E-state index contributed by atoms with van der Waals surface area (Å²) in [6, 6.07) is 2.31. The highest BCUT2D eigenvalue weighted by Gasteiger charge is 2.25. The van der Waals surface area contributed by atoms with E-state index in [-0.39, 0.29) is 34.3 Å². The van der Waals surface area contributed by atoms with E-state index in [1.54, 1.807) is 0 Å². The third-order valence-corrected chi connectivity index (χ3v) is 3.13. The van der Waals surface area contributed by atoms with Crippen molar-refractivity contribution in [1.82, 2.24) is 0 Å². The summed E-state index contributed by atoms with van der Waals surface area (Å²) in [6.45, 7) is 0. The monoisotopic (exact) mass is 309 g/mol. The van der Waals surface area contributed by atoms with Crippen molar-refractivity contribution in [3.05, 3.63) is 32.8 Å². The Kier molecular flexibility index (Phi) is 5.81. The van der Waals surface area contributed by atoms with Crippen molar-refractivity contribution in [3.63, 3.8) is 0 Å². The molecule has 0 saturated heterocycles. The summed E-state index contributed by atoms with van der Waals surface area (Å²) in [5, 5.41) is 30.5. The van der Waals surface area contributed by atoms with Crippen LogP contribution in [-0.4, -0.2) is 34.2 Å². The predicted octanol–water partition coefficient (Wildman–Crippen LogP) is 2.28. The first-order chi connectivity index (χ1) is 8.92. The molecule has 2 atom stereocenters. The van der Waals surface area contributed by atoms with Crippen molar-refractivity contribution in [2.75, 3.05) is 13.0 Å². The zero-order valence-corrected chi connectivity index (χ0v) is 11.6. The summed E-state index contributed by atoms with van der Waals surface area (Å²) in [7, 11) is 1.27. The van der Waals surface area contributed by atoms with Gasteiger partial charge < -0.3 is 14.9 Å². The summed E-state index contributed by atoms with van der Waals surface area (Å²) in [5.41, 5.74) is -0.272. The number of nitrogens with zero attached hydrogens (tertiary/aromatic N) is 1. The average molecular weight is 310 g/mol. The standard InChI is InChI=1S/C11H13Cl2NO5/c1-19-10-5-7(13)6(4-8(10)14(17)18)11(16)9(15)2-3-12/h4-5,9,11,15-16H,2-3H2,1H3. The van der Waals surface area contributed by atoms with Crippen molar-refractivity contribution in [2.45, 2.75) is 18.6 Å². The number of methoxy groups -OCH3 is 1. The molecule has 19 heavy (non-hydrogen) atoms. The highest BCUT2D eigenvalue weighted by atomic mass is 35.5. The number of benzene rings is 1. The number of hydrogen-bond donors (Lipinski definition) is 2. The van der Waals surface area contributed by atoms with E-state index in [1.807, 2.05) is 0 Å². The number of nitro groups is 1. The molecule has 1 aromatic rings. The maximum atomic E-state index is 10.9. The number of nitro benzene ring substituents is 1. The van der Waals surface area contributed by atoms with Crippen LogP contribution in [0, 0.1) is 10.1 Å². The molecule has 106 valence electrons. The minimum absolute atomic E-state index is 0.0159. The lowest BCUT2D eigenvalue weighted by Crippen LogP contribution is -2.19. The number of halogens is 2. The van der Waals surface area contributed by atoms with Crippen LogP contribution >= 0.6 is 23.2 Å². The Labute approximate surface area is 119 Å². The molecule has 1 aromatic carbocycles. The van der Waals surface area contributed by atoms with Gasteiger partial charge in [0.05, 0.1) is 23.2 Å². The highest BCUT2D eigenvalue weighted by molar-refractivity contribution is 6.31. The largest absolute Gasteiger partial charge is 0.490 e. The van der Waals surface area contributed by atoms with Gasteiger partial charge in [-0.15, -0.1) is 11.6 Å². The van der Waals surface area contributed by atoms with Gasteiger partial charge in [0.15, 0.2) is 5.75 Å². The van der Waals surface area contributed by atoms with E-state index < -0.39 is 17.1 Å². The lowest BCUT2D eigenvalue weighted by Gasteiger charge is -2.18. The van der Waals surface area contributed by atoms with Crippen molar-refractivity contribution in [2.24, 2.45) is 0 Å². The number of rotatable bonds is 6. The molecule has 2 N–H and O–H groups in total. The van der Waals surface area contributed by atoms with Crippen molar-refractivity contribution in [1.29, 1.82) is 0 Å². The molecule has 0 aliphatic heterocycles. The normalized spacial score (nSPS) is 13.9. The van der Waals surface area contributed by atoms with Gasteiger partial charge in [0.25, 0.3) is 0 Å². The third kappa shape index (κ3) is 3.70. The minimum Gasteiger partial charge on any atom is -0.490 e. The van der Waals surface area contributed by atoms with E-state index >= 15 is 0 Å². The van der Waals surface area contributed by atoms with Crippen LogP contribution in [0.2, 0.25) is 5.02 Å². The van der Waals surface area contributed by atoms with E-state index in [4.69, 9.17) is 27.9 Å². The first-order valence-corrected chi connectivity index (χ1v) is 6.27. The number of ether oxygens (including phenoxy) is 1. The average Bonchev–Trinajstić information content (AvgIpc) is 2.37. The SMILES string of the molecule is COc1cc(Cl)c(C(O)C(O)CCCl)cc1[N+](=O)[O-]. The second-order valence-electron chi connectivity index (χ2n) is 3.79. The van der Waals surface area contributed by atoms with Crippen LogP contribution in [0.3, 0.4) is 0 Å². The second-order valence-corrected chi connectivity index (χ2v) is 4.58. The molecular weight excluding hydrogens is 297 g/mol. The molecule has 0 fully saturated rings. The Bertz CT molecular complexity index is 469. The smallest absolute Gasteiger partial charge is 0.311 e. The minimum atomic E-state index is -1.35. The topological polar surface area (TPSA) is 92.8 Å². The number of alkyl halides is 1.